The number of benzene rings is 2. The number of urea groups is 1. The molecule has 0 aromatic heterocycles. The second-order valence-electron chi connectivity index (χ2n) is 8.94. The zero-order valence-electron chi connectivity index (χ0n) is 19.7. The highest BCUT2D eigenvalue weighted by atomic mass is 32.2. The summed E-state index contributed by atoms with van der Waals surface area (Å²) in [6.45, 7) is 4.85. The summed E-state index contributed by atoms with van der Waals surface area (Å²) in [5.74, 6) is -1.10. The minimum Gasteiger partial charge on any atom is -0.318 e. The number of sulfonamides is 1. The number of amides is 4. The van der Waals surface area contributed by atoms with Crippen LogP contribution in [0.25, 0.3) is 0 Å². The first-order valence-electron chi connectivity index (χ1n) is 11.4. The SMILES string of the molecule is Cc1ccc(S(=O)(=O)N2CCCN(CC(=O)NN3C(=O)N[C@](C)(c4ccccc4)C3=O)CC2)cc1. The first-order chi connectivity index (χ1) is 16.6. The lowest BCUT2D eigenvalue weighted by Crippen LogP contribution is -2.51. The monoisotopic (exact) mass is 499 g/mol. The van der Waals surface area contributed by atoms with Crippen molar-refractivity contribution in [1.29, 1.82) is 0 Å². The maximum Gasteiger partial charge on any atom is 0.344 e. The molecule has 0 unspecified atom stereocenters. The van der Waals surface area contributed by atoms with Crippen molar-refractivity contribution in [2.75, 3.05) is 32.7 Å². The van der Waals surface area contributed by atoms with Crippen molar-refractivity contribution < 1.29 is 22.8 Å². The molecule has 2 aromatic carbocycles. The van der Waals surface area contributed by atoms with Crippen LogP contribution in [0, 0.1) is 6.92 Å². The Morgan fingerprint density at radius 3 is 2.37 bits per heavy atom. The zero-order valence-corrected chi connectivity index (χ0v) is 20.5. The Kier molecular flexibility index (Phi) is 6.93. The molecule has 2 heterocycles. The van der Waals surface area contributed by atoms with E-state index in [1.54, 1.807) is 55.5 Å². The first-order valence-corrected chi connectivity index (χ1v) is 12.9. The molecule has 2 N–H and O–H groups in total. The van der Waals surface area contributed by atoms with Gasteiger partial charge in [-0.15, -0.1) is 0 Å². The number of imide groups is 1. The molecule has 186 valence electrons. The lowest BCUT2D eigenvalue weighted by molar-refractivity contribution is -0.139. The average Bonchev–Trinajstić information content (AvgIpc) is 2.99. The van der Waals surface area contributed by atoms with Crippen LogP contribution in [0.15, 0.2) is 59.5 Å². The molecule has 0 bridgehead atoms. The number of hydrogen-bond donors (Lipinski definition) is 2. The first kappa shape index (κ1) is 24.8. The Bertz CT molecular complexity index is 1220. The summed E-state index contributed by atoms with van der Waals surface area (Å²) in [6.07, 6.45) is 0.549. The summed E-state index contributed by atoms with van der Waals surface area (Å²) >= 11 is 0. The van der Waals surface area contributed by atoms with Crippen LogP contribution in [0.4, 0.5) is 4.79 Å². The van der Waals surface area contributed by atoms with E-state index in [9.17, 15) is 22.8 Å². The van der Waals surface area contributed by atoms with Crippen molar-refractivity contribution in [3.8, 4) is 0 Å². The minimum absolute atomic E-state index is 0.0719. The van der Waals surface area contributed by atoms with E-state index in [2.05, 4.69) is 10.7 Å². The predicted octanol–water partition coefficient (Wildman–Crippen LogP) is 1.19. The van der Waals surface area contributed by atoms with Crippen LogP contribution >= 0.6 is 0 Å². The molecular formula is C24H29N5O5S. The van der Waals surface area contributed by atoms with Crippen LogP contribution in [0.1, 0.15) is 24.5 Å². The van der Waals surface area contributed by atoms with Gasteiger partial charge in [-0.1, -0.05) is 48.0 Å². The Balaban J connectivity index is 1.36. The van der Waals surface area contributed by atoms with Crippen molar-refractivity contribution >= 4 is 27.9 Å². The lowest BCUT2D eigenvalue weighted by Gasteiger charge is -2.23. The van der Waals surface area contributed by atoms with E-state index in [0.717, 1.165) is 5.56 Å². The fourth-order valence-electron chi connectivity index (χ4n) is 4.28. The molecule has 0 spiro atoms. The third kappa shape index (κ3) is 5.07. The van der Waals surface area contributed by atoms with Gasteiger partial charge in [-0.2, -0.15) is 9.31 Å². The van der Waals surface area contributed by atoms with Gasteiger partial charge in [0.2, 0.25) is 10.0 Å². The van der Waals surface area contributed by atoms with Gasteiger partial charge in [0.25, 0.3) is 11.8 Å². The van der Waals surface area contributed by atoms with Gasteiger partial charge in [0.1, 0.15) is 5.54 Å². The molecular weight excluding hydrogens is 470 g/mol. The molecule has 2 fully saturated rings. The molecule has 11 heteroatoms. The molecule has 0 saturated carbocycles. The summed E-state index contributed by atoms with van der Waals surface area (Å²) < 4.78 is 27.4. The van der Waals surface area contributed by atoms with Crippen LogP contribution in [0.5, 0.6) is 0 Å². The van der Waals surface area contributed by atoms with Crippen molar-refractivity contribution in [2.45, 2.75) is 30.7 Å². The van der Waals surface area contributed by atoms with E-state index in [0.29, 0.717) is 36.6 Å². The molecule has 2 aliphatic heterocycles. The Morgan fingerprint density at radius 1 is 1.00 bits per heavy atom. The topological polar surface area (TPSA) is 119 Å². The Labute approximate surface area is 204 Å². The van der Waals surface area contributed by atoms with Crippen molar-refractivity contribution in [1.82, 2.24) is 25.0 Å². The predicted molar refractivity (Wildman–Crippen MR) is 128 cm³/mol. The number of hydrazine groups is 1. The molecule has 10 nitrogen and oxygen atoms in total. The summed E-state index contributed by atoms with van der Waals surface area (Å²) in [5.41, 5.74) is 2.71. The summed E-state index contributed by atoms with van der Waals surface area (Å²) in [4.78, 5) is 40.2. The third-order valence-corrected chi connectivity index (χ3v) is 8.26. The number of nitrogens with zero attached hydrogens (tertiary/aromatic N) is 3. The number of nitrogens with one attached hydrogen (secondary N) is 2. The third-order valence-electron chi connectivity index (χ3n) is 6.35. The molecule has 2 aromatic rings. The van der Waals surface area contributed by atoms with Crippen LogP contribution in [-0.2, 0) is 25.2 Å². The normalized spacial score (nSPS) is 22.1. The Morgan fingerprint density at radius 2 is 1.69 bits per heavy atom. The number of carbonyl (C=O) groups excluding carboxylic acids is 3. The molecule has 0 aliphatic carbocycles. The van der Waals surface area contributed by atoms with Gasteiger partial charge in [-0.3, -0.25) is 19.9 Å². The number of aryl methyl sites for hydroxylation is 1. The minimum atomic E-state index is -3.63. The zero-order chi connectivity index (χ0) is 25.2. The van der Waals surface area contributed by atoms with Crippen LogP contribution < -0.4 is 10.7 Å². The largest absolute Gasteiger partial charge is 0.344 e. The van der Waals surface area contributed by atoms with Crippen LogP contribution in [-0.4, -0.2) is 73.2 Å². The maximum atomic E-state index is 13.0. The van der Waals surface area contributed by atoms with Gasteiger partial charge in [0.15, 0.2) is 0 Å². The second kappa shape index (κ2) is 9.76. The maximum absolute atomic E-state index is 13.0. The molecule has 0 radical (unpaired) electrons. The van der Waals surface area contributed by atoms with Crippen LogP contribution in [0.2, 0.25) is 0 Å². The molecule has 2 saturated heterocycles. The highest BCUT2D eigenvalue weighted by Gasteiger charge is 2.50. The van der Waals surface area contributed by atoms with Crippen LogP contribution in [0.3, 0.4) is 0 Å². The molecule has 4 amide bonds. The van der Waals surface area contributed by atoms with Crippen molar-refractivity contribution in [2.24, 2.45) is 0 Å². The quantitative estimate of drug-likeness (QED) is 0.577. The van der Waals surface area contributed by atoms with E-state index in [1.807, 2.05) is 17.9 Å². The molecule has 2 aliphatic rings. The number of carbonyl (C=O) groups is 3. The van der Waals surface area contributed by atoms with E-state index >= 15 is 0 Å². The smallest absolute Gasteiger partial charge is 0.318 e. The van der Waals surface area contributed by atoms with Gasteiger partial charge in [0.05, 0.1) is 11.4 Å². The molecule has 1 atom stereocenters. The van der Waals surface area contributed by atoms with Gasteiger partial charge in [-0.25, -0.2) is 13.2 Å². The lowest BCUT2D eigenvalue weighted by atomic mass is 9.92. The summed E-state index contributed by atoms with van der Waals surface area (Å²) in [5, 5.41) is 3.35. The molecule has 4 rings (SSSR count). The van der Waals surface area contributed by atoms with E-state index in [-0.39, 0.29) is 18.0 Å². The van der Waals surface area contributed by atoms with E-state index in [1.165, 1.54) is 4.31 Å². The Hall–Kier alpha value is -3.28. The highest BCUT2D eigenvalue weighted by molar-refractivity contribution is 7.89. The van der Waals surface area contributed by atoms with Gasteiger partial charge >= 0.3 is 6.03 Å². The second-order valence-corrected chi connectivity index (χ2v) is 10.9. The fourth-order valence-corrected chi connectivity index (χ4v) is 5.75. The van der Waals surface area contributed by atoms with Crippen molar-refractivity contribution in [3.05, 3.63) is 65.7 Å². The van der Waals surface area contributed by atoms with E-state index < -0.39 is 33.4 Å². The average molecular weight is 500 g/mol. The molecule has 35 heavy (non-hydrogen) atoms. The highest BCUT2D eigenvalue weighted by Crippen LogP contribution is 2.27. The number of rotatable bonds is 6. The summed E-state index contributed by atoms with van der Waals surface area (Å²) in [7, 11) is -3.63. The van der Waals surface area contributed by atoms with Gasteiger partial charge in [-0.05, 0) is 44.5 Å². The summed E-state index contributed by atoms with van der Waals surface area (Å²) in [6, 6.07) is 14.8. The fraction of sp³-hybridized carbons (Fsp3) is 0.375. The van der Waals surface area contributed by atoms with Gasteiger partial charge < -0.3 is 5.32 Å². The van der Waals surface area contributed by atoms with Gasteiger partial charge in [0, 0.05) is 19.6 Å². The number of hydrogen-bond acceptors (Lipinski definition) is 6. The van der Waals surface area contributed by atoms with Crippen molar-refractivity contribution in [3.63, 3.8) is 0 Å². The standard InChI is InChI=1S/C24H29N5O5S/c1-18-9-11-20(12-10-18)35(33,34)28-14-6-13-27(15-16-28)17-21(30)26-29-22(31)24(2,25-23(29)32)19-7-4-3-5-8-19/h3-5,7-12H,6,13-17H2,1-2H3,(H,25,32)(H,26,30)/t24-/m1/s1. The van der Waals surface area contributed by atoms with E-state index in [4.69, 9.17) is 0 Å².